The van der Waals surface area contributed by atoms with Crippen LogP contribution in [0.5, 0.6) is 46.0 Å². The van der Waals surface area contributed by atoms with Gasteiger partial charge in [-0.05, 0) is 77.6 Å². The summed E-state index contributed by atoms with van der Waals surface area (Å²) in [5, 5.41) is 92.9. The molecule has 1 heterocycles. The predicted molar refractivity (Wildman–Crippen MR) is 197 cm³/mol. The molecule has 19 heteroatoms. The summed E-state index contributed by atoms with van der Waals surface area (Å²) in [6, 6.07) is 13.2. The molecule has 0 radical (unpaired) electrons. The number of aliphatic carboxylic acids is 1. The third kappa shape index (κ3) is 11.0. The minimum Gasteiger partial charge on any atom is -0.834 e. The van der Waals surface area contributed by atoms with Crippen molar-refractivity contribution in [3.05, 3.63) is 101 Å². The van der Waals surface area contributed by atoms with Crippen LogP contribution in [0.2, 0.25) is 0 Å². The molecule has 55 heavy (non-hydrogen) atoms. The molecule has 0 saturated heterocycles. The van der Waals surface area contributed by atoms with E-state index in [1.807, 2.05) is 0 Å². The average molecular weight is 811 g/mol. The normalized spacial score (nSPS) is 15.2. The number of fused-ring (bicyclic) bond motifs is 1. The number of hydrogen-bond donors (Lipinski definition) is 7. The van der Waals surface area contributed by atoms with Crippen molar-refractivity contribution in [2.75, 3.05) is 6.79 Å². The van der Waals surface area contributed by atoms with Crippen LogP contribution < -0.4 is 14.9 Å². The molecule has 0 saturated carbocycles. The number of ether oxygens (including phenoxy) is 4. The van der Waals surface area contributed by atoms with Crippen molar-refractivity contribution in [2.24, 2.45) is 0 Å². The molecule has 4 atom stereocenters. The van der Waals surface area contributed by atoms with Gasteiger partial charge in [0.25, 0.3) is 0 Å². The van der Waals surface area contributed by atoms with Gasteiger partial charge < -0.3 is 69.7 Å². The Bertz CT molecular complexity index is 2040. The number of rotatable bonds is 13. The first kappa shape index (κ1) is 46.0. The second-order valence-electron chi connectivity index (χ2n) is 11.5. The van der Waals surface area contributed by atoms with Crippen LogP contribution in [0.3, 0.4) is 0 Å². The van der Waals surface area contributed by atoms with Crippen LogP contribution in [0, 0.1) is 0 Å². The Hall–Kier alpha value is -5.18. The first-order valence-electron chi connectivity index (χ1n) is 15.3. The number of carbonyl (C=O) groups excluding carboxylic acids is 3. The van der Waals surface area contributed by atoms with Gasteiger partial charge in [-0.1, -0.05) is 24.3 Å². The Labute approximate surface area is 342 Å². The van der Waals surface area contributed by atoms with Crippen LogP contribution in [0.1, 0.15) is 39.8 Å². The monoisotopic (exact) mass is 810 g/mol. The quantitative estimate of drug-likeness (QED) is 0.0327. The van der Waals surface area contributed by atoms with Crippen molar-refractivity contribution in [1.82, 2.24) is 0 Å². The maximum absolute atomic E-state index is 13.9. The Morgan fingerprint density at radius 2 is 1.27 bits per heavy atom. The van der Waals surface area contributed by atoms with Crippen molar-refractivity contribution in [2.45, 2.75) is 37.3 Å². The summed E-state index contributed by atoms with van der Waals surface area (Å²) in [5.41, 5.74) is 0.604. The summed E-state index contributed by atoms with van der Waals surface area (Å²) >= 11 is 0. The molecule has 1 aliphatic heterocycles. The second-order valence-corrected chi connectivity index (χ2v) is 11.5. The summed E-state index contributed by atoms with van der Waals surface area (Å²) < 4.78 is 21.6. The summed E-state index contributed by atoms with van der Waals surface area (Å²) in [6.07, 6.45) is -3.34. The van der Waals surface area contributed by atoms with Gasteiger partial charge in [-0.3, -0.25) is 4.79 Å². The molecular weight excluding hydrogens is 777 g/mol. The van der Waals surface area contributed by atoms with Crippen molar-refractivity contribution < 1.29 is 79.3 Å². The summed E-state index contributed by atoms with van der Waals surface area (Å²) in [6.45, 7) is -1.09. The van der Waals surface area contributed by atoms with E-state index in [4.69, 9.17) is 18.9 Å². The van der Waals surface area contributed by atoms with Gasteiger partial charge in [0.15, 0.2) is 46.0 Å². The minimum absolute atomic E-state index is 0. The first-order valence-corrected chi connectivity index (χ1v) is 15.3. The maximum atomic E-state index is 13.9. The van der Waals surface area contributed by atoms with E-state index in [2.05, 4.69) is 0 Å². The van der Waals surface area contributed by atoms with Gasteiger partial charge >= 0.3 is 35.0 Å². The van der Waals surface area contributed by atoms with Gasteiger partial charge in [0, 0.05) is 24.5 Å². The van der Waals surface area contributed by atoms with Crippen LogP contribution in [-0.4, -0.2) is 95.9 Å². The molecule has 0 bridgehead atoms. The van der Waals surface area contributed by atoms with E-state index >= 15 is 0 Å². The smallest absolute Gasteiger partial charge is 0.834 e. The van der Waals surface area contributed by atoms with Gasteiger partial charge in [0.05, 0.1) is 5.97 Å². The third-order valence-electron chi connectivity index (χ3n) is 7.97. The number of phenols is 7. The van der Waals surface area contributed by atoms with E-state index in [0.717, 1.165) is 30.3 Å². The molecule has 5 rings (SSSR count). The Morgan fingerprint density at radius 3 is 1.82 bits per heavy atom. The van der Waals surface area contributed by atoms with Crippen molar-refractivity contribution in [3.63, 3.8) is 0 Å². The zero-order valence-corrected chi connectivity index (χ0v) is 31.9. The maximum Gasteiger partial charge on any atom is 2.00 e. The molecular formula is C36H34MgO16S2. The molecule has 0 fully saturated rings. The standard InChI is InChI=1S/C36H31O16.Mg.2H2S/c37-16-49-30(14-18-2-7-22(39)26(43)12-18)51-29(45)10-5-19-3-9-24(41)34-31(19)32(33(52-34)20-4-8-23(40)27(44)15-20)36(48)50-28(35(46)47)13-17-1-6-21(38)25(42)11-17;;;/h1-12,15,28,30,32-33,38-44H,13-14,16H2,(H,46,47);;2*1H2/q-1;+2;;/p-1/b10-5+;;;/t28-,30-,32+,33-;;;/m1.../s1. The van der Waals surface area contributed by atoms with E-state index in [1.165, 1.54) is 48.5 Å². The second kappa shape index (κ2) is 19.9. The van der Waals surface area contributed by atoms with E-state index in [9.17, 15) is 60.3 Å². The third-order valence-corrected chi connectivity index (χ3v) is 7.97. The van der Waals surface area contributed by atoms with Gasteiger partial charge in [0.1, 0.15) is 18.1 Å². The van der Waals surface area contributed by atoms with E-state index in [-0.39, 0.29) is 84.5 Å². The van der Waals surface area contributed by atoms with E-state index in [1.54, 1.807) is 0 Å². The van der Waals surface area contributed by atoms with Crippen molar-refractivity contribution >= 4 is 74.0 Å². The summed E-state index contributed by atoms with van der Waals surface area (Å²) in [7, 11) is 0. The van der Waals surface area contributed by atoms with Gasteiger partial charge in [-0.15, -0.1) is 0 Å². The molecule has 0 aromatic heterocycles. The fraction of sp³-hybridized carbons (Fsp3) is 0.194. The Morgan fingerprint density at radius 1 is 0.727 bits per heavy atom. The first-order chi connectivity index (χ1) is 24.7. The van der Waals surface area contributed by atoms with Crippen LogP contribution in [0.15, 0.2) is 72.8 Å². The number of esters is 2. The number of phenolic OH excluding ortho intramolecular Hbond substituents is 7. The van der Waals surface area contributed by atoms with Gasteiger partial charge in [-0.25, -0.2) is 4.79 Å². The Kier molecular flexibility index (Phi) is 16.7. The number of carboxylic acids is 1. The predicted octanol–water partition coefficient (Wildman–Crippen LogP) is 1.05. The molecule has 1 aliphatic rings. The molecule has 0 spiro atoms. The average Bonchev–Trinajstić information content (AvgIpc) is 3.51. The number of carbonyl (C=O) groups is 3. The zero-order valence-electron chi connectivity index (χ0n) is 28.4. The van der Waals surface area contributed by atoms with Crippen LogP contribution in [-0.2, 0) is 41.4 Å². The molecule has 4 aromatic rings. The molecule has 0 aliphatic carbocycles. The largest absolute Gasteiger partial charge is 2.00 e. The van der Waals surface area contributed by atoms with Crippen LogP contribution >= 0.6 is 27.0 Å². The minimum atomic E-state index is -1.94. The molecule has 0 unspecified atom stereocenters. The zero-order chi connectivity index (χ0) is 37.7. The Balaban J connectivity index is 0.00000348. The molecule has 16 nitrogen and oxygen atoms in total. The molecule has 7 N–H and O–H groups in total. The summed E-state index contributed by atoms with van der Waals surface area (Å²) in [4.78, 5) is 38.9. The fourth-order valence-electron chi connectivity index (χ4n) is 5.48. The SMILES string of the molecule is O=C(/C=C/c1ccc(O)c2c1[C@H](C(=O)O[C@H](Cc1ccc(O)c(O)c1)C(=O)[O-])[C@@H](c1ccc(O)c(O)c1)O2)O[C@H](Cc1ccc(O)c(O)c1)OC[O-].S.S.[Mg+2]. The molecule has 0 amide bonds. The summed E-state index contributed by atoms with van der Waals surface area (Å²) in [5.74, 6) is -9.31. The molecule has 4 aromatic carbocycles. The van der Waals surface area contributed by atoms with E-state index in [0.29, 0.717) is 5.56 Å². The van der Waals surface area contributed by atoms with Gasteiger partial charge in [0.2, 0.25) is 6.29 Å². The molecule has 288 valence electrons. The number of aromatic hydroxyl groups is 7. The fourth-order valence-corrected chi connectivity index (χ4v) is 5.48. The number of benzene rings is 4. The number of hydrogen-bond acceptors (Lipinski definition) is 16. The van der Waals surface area contributed by atoms with Crippen molar-refractivity contribution in [3.8, 4) is 46.0 Å². The topological polar surface area (TPSA) is 276 Å². The van der Waals surface area contributed by atoms with Crippen LogP contribution in [0.25, 0.3) is 6.08 Å². The van der Waals surface area contributed by atoms with Crippen LogP contribution in [0.4, 0.5) is 0 Å². The van der Waals surface area contributed by atoms with Crippen molar-refractivity contribution in [1.29, 1.82) is 0 Å². The van der Waals surface area contributed by atoms with E-state index < -0.39 is 95.8 Å². The van der Waals surface area contributed by atoms with Gasteiger partial charge in [-0.2, -0.15) is 27.0 Å². The number of carboxylic acid groups (broad SMARTS) is 1.